The first-order valence-electron chi connectivity index (χ1n) is 7.53. The van der Waals surface area contributed by atoms with Crippen molar-refractivity contribution in [2.75, 3.05) is 5.32 Å². The first-order chi connectivity index (χ1) is 11.0. The molecule has 0 atom stereocenters. The highest BCUT2D eigenvalue weighted by molar-refractivity contribution is 6.37. The number of aryl methyl sites for hydroxylation is 1. The van der Waals surface area contributed by atoms with Crippen LogP contribution in [0.4, 0.5) is 11.4 Å². The summed E-state index contributed by atoms with van der Waals surface area (Å²) < 4.78 is 0. The van der Waals surface area contributed by atoms with E-state index in [1.807, 2.05) is 38.1 Å². The van der Waals surface area contributed by atoms with E-state index in [9.17, 15) is 4.79 Å². The molecule has 0 unspecified atom stereocenters. The lowest BCUT2D eigenvalue weighted by Crippen LogP contribution is -2.05. The normalized spacial score (nSPS) is 10.6. The molecule has 2 N–H and O–H groups in total. The van der Waals surface area contributed by atoms with Crippen LogP contribution in [0.25, 0.3) is 0 Å². The van der Waals surface area contributed by atoms with E-state index in [0.29, 0.717) is 10.0 Å². The number of hydrogen-bond acceptors (Lipinski definition) is 2. The first-order valence-corrected chi connectivity index (χ1v) is 8.29. The second-order valence-corrected chi connectivity index (χ2v) is 6.07. The van der Waals surface area contributed by atoms with Crippen LogP contribution in [0, 0.1) is 0 Å². The molecule has 0 bridgehead atoms. The molecule has 0 saturated heterocycles. The number of carboxylic acids is 1. The molecule has 0 aliphatic heterocycles. The number of halogens is 2. The van der Waals surface area contributed by atoms with Gasteiger partial charge < -0.3 is 10.4 Å². The number of nitrogens with one attached hydrogen (secondary N) is 1. The molecule has 0 saturated carbocycles. The van der Waals surface area contributed by atoms with Crippen molar-refractivity contribution in [3.8, 4) is 0 Å². The number of rotatable bonds is 6. The smallest absolute Gasteiger partial charge is 0.307 e. The fourth-order valence-electron chi connectivity index (χ4n) is 2.46. The minimum absolute atomic E-state index is 0.0397. The van der Waals surface area contributed by atoms with E-state index in [-0.39, 0.29) is 6.42 Å². The Morgan fingerprint density at radius 2 is 1.78 bits per heavy atom. The zero-order valence-corrected chi connectivity index (χ0v) is 14.6. The molecule has 0 aliphatic rings. The Morgan fingerprint density at radius 1 is 1.09 bits per heavy atom. The maximum Gasteiger partial charge on any atom is 0.307 e. The van der Waals surface area contributed by atoms with Gasteiger partial charge in [-0.25, -0.2) is 0 Å². The number of hydrogen-bond donors (Lipinski definition) is 2. The van der Waals surface area contributed by atoms with Gasteiger partial charge in [0.1, 0.15) is 0 Å². The lowest BCUT2D eigenvalue weighted by Gasteiger charge is -2.16. The van der Waals surface area contributed by atoms with Gasteiger partial charge >= 0.3 is 5.97 Å². The van der Waals surface area contributed by atoms with Crippen LogP contribution in [0.1, 0.15) is 30.5 Å². The maximum absolute atomic E-state index is 11.1. The molecule has 5 heteroatoms. The van der Waals surface area contributed by atoms with Crippen molar-refractivity contribution in [1.29, 1.82) is 0 Å². The average molecular weight is 352 g/mol. The zero-order chi connectivity index (χ0) is 17.0. The van der Waals surface area contributed by atoms with E-state index in [1.165, 1.54) is 0 Å². The van der Waals surface area contributed by atoms with E-state index in [2.05, 4.69) is 5.32 Å². The summed E-state index contributed by atoms with van der Waals surface area (Å²) in [6, 6.07) is 9.40. The monoisotopic (exact) mass is 351 g/mol. The number of carbonyl (C=O) groups is 1. The molecule has 0 radical (unpaired) electrons. The van der Waals surface area contributed by atoms with Gasteiger partial charge in [0, 0.05) is 10.7 Å². The van der Waals surface area contributed by atoms with Gasteiger partial charge in [-0.3, -0.25) is 4.79 Å². The van der Waals surface area contributed by atoms with E-state index >= 15 is 0 Å². The van der Waals surface area contributed by atoms with Gasteiger partial charge in [-0.2, -0.15) is 0 Å². The van der Waals surface area contributed by atoms with E-state index in [1.54, 1.807) is 6.07 Å². The Kier molecular flexibility index (Phi) is 5.91. The molecule has 0 amide bonds. The summed E-state index contributed by atoms with van der Waals surface area (Å²) in [7, 11) is 0. The summed E-state index contributed by atoms with van der Waals surface area (Å²) in [6.07, 6.45) is 1.54. The Bertz CT molecular complexity index is 729. The third-order valence-corrected chi connectivity index (χ3v) is 4.51. The average Bonchev–Trinajstić information content (AvgIpc) is 2.51. The molecular formula is C18H19Cl2NO2. The maximum atomic E-state index is 11.1. The summed E-state index contributed by atoms with van der Waals surface area (Å²) in [5, 5.41) is 13.6. The predicted octanol–water partition coefficient (Wildman–Crippen LogP) is 5.49. The fourth-order valence-corrected chi connectivity index (χ4v) is 3.15. The van der Waals surface area contributed by atoms with Crippen LogP contribution >= 0.6 is 23.2 Å². The van der Waals surface area contributed by atoms with Crippen molar-refractivity contribution in [3.05, 3.63) is 57.1 Å². The van der Waals surface area contributed by atoms with Gasteiger partial charge in [-0.1, -0.05) is 49.2 Å². The fraction of sp³-hybridized carbons (Fsp3) is 0.278. The van der Waals surface area contributed by atoms with Crippen LogP contribution in [-0.4, -0.2) is 11.1 Å². The Labute approximate surface area is 146 Å². The molecular weight excluding hydrogens is 333 g/mol. The van der Waals surface area contributed by atoms with Gasteiger partial charge in [-0.05, 0) is 47.7 Å². The van der Waals surface area contributed by atoms with Crippen LogP contribution in [0.15, 0.2) is 30.3 Å². The second kappa shape index (κ2) is 7.71. The van der Waals surface area contributed by atoms with Crippen LogP contribution in [0.3, 0.4) is 0 Å². The minimum atomic E-state index is -0.863. The molecule has 0 fully saturated rings. The van der Waals surface area contributed by atoms with Gasteiger partial charge in [-0.15, -0.1) is 0 Å². The lowest BCUT2D eigenvalue weighted by molar-refractivity contribution is -0.136. The third kappa shape index (κ3) is 4.18. The minimum Gasteiger partial charge on any atom is -0.481 e. The molecule has 2 aromatic carbocycles. The first kappa shape index (κ1) is 17.6. The van der Waals surface area contributed by atoms with E-state index in [4.69, 9.17) is 28.3 Å². The highest BCUT2D eigenvalue weighted by Gasteiger charge is 2.12. The van der Waals surface area contributed by atoms with Crippen molar-refractivity contribution >= 4 is 40.5 Å². The molecule has 2 aromatic rings. The summed E-state index contributed by atoms with van der Waals surface area (Å²) in [6.45, 7) is 4.03. The van der Waals surface area contributed by atoms with Crippen LogP contribution in [0.5, 0.6) is 0 Å². The van der Waals surface area contributed by atoms with Crippen molar-refractivity contribution in [3.63, 3.8) is 0 Å². The highest BCUT2D eigenvalue weighted by Crippen LogP contribution is 2.34. The number of anilines is 2. The summed E-state index contributed by atoms with van der Waals surface area (Å²) in [5.41, 5.74) is 4.19. The predicted molar refractivity (Wildman–Crippen MR) is 96.3 cm³/mol. The largest absolute Gasteiger partial charge is 0.481 e. The SMILES string of the molecule is CCc1ccc(Nc2ccc(Cl)c(CC)c2Cl)c(CC(=O)O)c1. The van der Waals surface area contributed by atoms with Crippen molar-refractivity contribution in [2.45, 2.75) is 33.1 Å². The van der Waals surface area contributed by atoms with E-state index < -0.39 is 5.97 Å². The number of aliphatic carboxylic acids is 1. The van der Waals surface area contributed by atoms with Crippen molar-refractivity contribution in [2.24, 2.45) is 0 Å². The summed E-state index contributed by atoms with van der Waals surface area (Å²) in [4.78, 5) is 11.1. The van der Waals surface area contributed by atoms with Gasteiger partial charge in [0.2, 0.25) is 0 Å². The molecule has 23 heavy (non-hydrogen) atoms. The van der Waals surface area contributed by atoms with Gasteiger partial charge in [0.15, 0.2) is 0 Å². The Hall–Kier alpha value is -1.71. The molecule has 0 heterocycles. The molecule has 3 nitrogen and oxygen atoms in total. The van der Waals surface area contributed by atoms with Crippen LogP contribution in [0.2, 0.25) is 10.0 Å². The zero-order valence-electron chi connectivity index (χ0n) is 13.1. The number of benzene rings is 2. The molecule has 122 valence electrons. The lowest BCUT2D eigenvalue weighted by atomic mass is 10.0. The Morgan fingerprint density at radius 3 is 2.39 bits per heavy atom. The van der Waals surface area contributed by atoms with Crippen molar-refractivity contribution < 1.29 is 9.90 Å². The topological polar surface area (TPSA) is 49.3 Å². The standard InChI is InChI=1S/C18H19Cl2NO2/c1-3-11-5-7-15(12(9-11)10-17(22)23)21-16-8-6-14(19)13(4-2)18(16)20/h5-9,21H,3-4,10H2,1-2H3,(H,22,23). The quantitative estimate of drug-likeness (QED) is 0.723. The van der Waals surface area contributed by atoms with Crippen LogP contribution in [-0.2, 0) is 24.1 Å². The molecule has 0 aliphatic carbocycles. The summed E-state index contributed by atoms with van der Waals surface area (Å²) in [5.74, 6) is -0.863. The van der Waals surface area contributed by atoms with Gasteiger partial charge in [0.25, 0.3) is 0 Å². The van der Waals surface area contributed by atoms with Crippen molar-refractivity contribution in [1.82, 2.24) is 0 Å². The molecule has 0 aromatic heterocycles. The van der Waals surface area contributed by atoms with Crippen LogP contribution < -0.4 is 5.32 Å². The van der Waals surface area contributed by atoms with Gasteiger partial charge in [0.05, 0.1) is 17.1 Å². The second-order valence-electron chi connectivity index (χ2n) is 5.28. The van der Waals surface area contributed by atoms with E-state index in [0.717, 1.165) is 40.9 Å². The third-order valence-electron chi connectivity index (χ3n) is 3.73. The summed E-state index contributed by atoms with van der Waals surface area (Å²) >= 11 is 12.6. The highest BCUT2D eigenvalue weighted by atomic mass is 35.5. The Balaban J connectivity index is 2.42. The molecule has 2 rings (SSSR count). The molecule has 0 spiro atoms. The number of carboxylic acid groups (broad SMARTS) is 1.